The third kappa shape index (κ3) is 3.82. The molecule has 33 heavy (non-hydrogen) atoms. The predicted octanol–water partition coefficient (Wildman–Crippen LogP) is 4.52. The largest absolute Gasteiger partial charge is 0.324 e. The fraction of sp³-hybridized carbons (Fsp3) is 0.120. The molecule has 5 rings (SSSR count). The Morgan fingerprint density at radius 2 is 1.79 bits per heavy atom. The number of hydrogen-bond acceptors (Lipinski definition) is 4. The van der Waals surface area contributed by atoms with Crippen LogP contribution in [0, 0.1) is 5.82 Å². The Morgan fingerprint density at radius 1 is 1.00 bits per heavy atom. The zero-order valence-electron chi connectivity index (χ0n) is 17.5. The summed E-state index contributed by atoms with van der Waals surface area (Å²) in [5, 5.41) is 3.96. The maximum atomic E-state index is 14.1. The molecule has 1 N–H and O–H groups in total. The van der Waals surface area contributed by atoms with Gasteiger partial charge in [-0.1, -0.05) is 30.3 Å². The van der Waals surface area contributed by atoms with Crippen molar-refractivity contribution in [1.82, 2.24) is 4.98 Å². The molecule has 8 heteroatoms. The first-order valence-corrected chi connectivity index (χ1v) is 11.9. The average molecular weight is 462 g/mol. The molecule has 166 valence electrons. The summed E-state index contributed by atoms with van der Waals surface area (Å²) >= 11 is 0. The molecule has 0 aliphatic carbocycles. The lowest BCUT2D eigenvalue weighted by molar-refractivity contribution is -0.117. The van der Waals surface area contributed by atoms with Gasteiger partial charge in [-0.3, -0.25) is 14.1 Å². The molecular formula is C25H20FN3O3S. The minimum atomic E-state index is -4.11. The van der Waals surface area contributed by atoms with Gasteiger partial charge in [0.25, 0.3) is 10.0 Å². The van der Waals surface area contributed by atoms with Crippen LogP contribution in [0.3, 0.4) is 0 Å². The van der Waals surface area contributed by atoms with Crippen molar-refractivity contribution < 1.29 is 17.6 Å². The summed E-state index contributed by atoms with van der Waals surface area (Å²) in [7, 11) is -4.11. The maximum absolute atomic E-state index is 14.1. The number of nitrogens with zero attached hydrogens (tertiary/aromatic N) is 2. The highest BCUT2D eigenvalue weighted by Crippen LogP contribution is 2.37. The summed E-state index contributed by atoms with van der Waals surface area (Å²) in [6.07, 6.45) is 4.03. The molecule has 6 nitrogen and oxygen atoms in total. The van der Waals surface area contributed by atoms with Crippen LogP contribution in [0.4, 0.5) is 15.8 Å². The molecule has 1 amide bonds. The molecule has 1 unspecified atom stereocenters. The van der Waals surface area contributed by atoms with E-state index in [-0.39, 0.29) is 4.90 Å². The van der Waals surface area contributed by atoms with Gasteiger partial charge >= 0.3 is 0 Å². The number of rotatable bonds is 4. The van der Waals surface area contributed by atoms with Crippen LogP contribution in [-0.4, -0.2) is 25.4 Å². The number of para-hydroxylation sites is 1. The Labute approximate surface area is 190 Å². The second-order valence-corrected chi connectivity index (χ2v) is 9.62. The molecule has 0 spiro atoms. The molecule has 1 atom stereocenters. The Hall–Kier alpha value is -3.78. The summed E-state index contributed by atoms with van der Waals surface area (Å²) in [5.74, 6) is -0.893. The van der Waals surface area contributed by atoms with Gasteiger partial charge in [-0.15, -0.1) is 0 Å². The third-order valence-electron chi connectivity index (χ3n) is 5.79. The van der Waals surface area contributed by atoms with Gasteiger partial charge in [-0.2, -0.15) is 0 Å². The van der Waals surface area contributed by atoms with E-state index in [1.54, 1.807) is 48.8 Å². The summed E-state index contributed by atoms with van der Waals surface area (Å²) < 4.78 is 42.6. The van der Waals surface area contributed by atoms with Gasteiger partial charge in [0, 0.05) is 28.9 Å². The smallest absolute Gasteiger partial charge is 0.265 e. The van der Waals surface area contributed by atoms with Gasteiger partial charge in [0.2, 0.25) is 5.91 Å². The van der Waals surface area contributed by atoms with E-state index in [9.17, 15) is 17.6 Å². The number of fused-ring (bicyclic) bond motifs is 2. The monoisotopic (exact) mass is 461 g/mol. The fourth-order valence-electron chi connectivity index (χ4n) is 4.23. The van der Waals surface area contributed by atoms with Gasteiger partial charge in [-0.25, -0.2) is 12.8 Å². The molecule has 1 aliphatic heterocycles. The molecule has 4 aromatic rings. The normalized spacial score (nSPS) is 15.8. The van der Waals surface area contributed by atoms with E-state index in [2.05, 4.69) is 10.3 Å². The Morgan fingerprint density at radius 3 is 2.61 bits per heavy atom. The number of carbonyl (C=O) groups is 1. The molecule has 0 saturated carbocycles. The number of hydrogen-bond donors (Lipinski definition) is 1. The number of anilines is 2. The van der Waals surface area contributed by atoms with E-state index in [1.807, 2.05) is 12.1 Å². The number of pyridine rings is 1. The van der Waals surface area contributed by atoms with Crippen molar-refractivity contribution >= 4 is 38.1 Å². The van der Waals surface area contributed by atoms with Gasteiger partial charge in [0.15, 0.2) is 0 Å². The first-order chi connectivity index (χ1) is 15.9. The Balaban J connectivity index is 1.62. The van der Waals surface area contributed by atoms with E-state index in [1.165, 1.54) is 28.6 Å². The highest BCUT2D eigenvalue weighted by atomic mass is 32.2. The van der Waals surface area contributed by atoms with Crippen LogP contribution >= 0.6 is 0 Å². The summed E-state index contributed by atoms with van der Waals surface area (Å²) in [4.78, 5) is 17.5. The van der Waals surface area contributed by atoms with E-state index in [0.29, 0.717) is 35.0 Å². The number of nitrogens with one attached hydrogen (secondary N) is 1. The zero-order valence-corrected chi connectivity index (χ0v) is 18.3. The molecule has 0 fully saturated rings. The summed E-state index contributed by atoms with van der Waals surface area (Å²) in [6, 6.07) is 18.3. The van der Waals surface area contributed by atoms with Gasteiger partial charge in [0.05, 0.1) is 10.6 Å². The Bertz CT molecular complexity index is 1450. The third-order valence-corrected chi connectivity index (χ3v) is 7.67. The molecule has 3 aromatic carbocycles. The number of benzene rings is 3. The Kier molecular flexibility index (Phi) is 5.30. The summed E-state index contributed by atoms with van der Waals surface area (Å²) in [6.45, 7) is 0. The lowest BCUT2D eigenvalue weighted by atomic mass is 9.97. The van der Waals surface area contributed by atoms with Crippen molar-refractivity contribution in [3.05, 3.63) is 96.6 Å². The quantitative estimate of drug-likeness (QED) is 0.485. The molecule has 2 heterocycles. The van der Waals surface area contributed by atoms with Crippen LogP contribution in [-0.2, 0) is 21.2 Å². The van der Waals surface area contributed by atoms with Gasteiger partial charge in [-0.05, 0) is 60.9 Å². The standard InChI is InChI=1S/C25H20FN3O3S/c26-19-9-11-20(12-10-19)28-25(30)23-13-8-17-4-1-2-6-22(17)29(23)33(31,32)24-7-3-5-18-16-27-15-14-21(18)24/h1-7,9-12,14-16,23H,8,13H2,(H,28,30). The zero-order chi connectivity index (χ0) is 23.0. The van der Waals surface area contributed by atoms with Crippen molar-refractivity contribution in [2.75, 3.05) is 9.62 Å². The topological polar surface area (TPSA) is 79.4 Å². The van der Waals surface area contributed by atoms with E-state index < -0.39 is 27.8 Å². The minimum absolute atomic E-state index is 0.110. The molecule has 1 aromatic heterocycles. The first-order valence-electron chi connectivity index (χ1n) is 10.5. The molecule has 0 bridgehead atoms. The highest BCUT2D eigenvalue weighted by molar-refractivity contribution is 7.93. The second kappa shape index (κ2) is 8.29. The number of carbonyl (C=O) groups excluding carboxylic acids is 1. The SMILES string of the molecule is O=C(Nc1ccc(F)cc1)C1CCc2ccccc2N1S(=O)(=O)c1cccc2cnccc12. The van der Waals surface area contributed by atoms with Crippen molar-refractivity contribution in [2.24, 2.45) is 0 Å². The number of amides is 1. The number of sulfonamides is 1. The average Bonchev–Trinajstić information content (AvgIpc) is 2.84. The second-order valence-electron chi connectivity index (χ2n) is 7.83. The van der Waals surface area contributed by atoms with Crippen molar-refractivity contribution in [3.63, 3.8) is 0 Å². The summed E-state index contributed by atoms with van der Waals surface area (Å²) in [5.41, 5.74) is 1.73. The minimum Gasteiger partial charge on any atom is -0.324 e. The van der Waals surface area contributed by atoms with Crippen molar-refractivity contribution in [3.8, 4) is 0 Å². The highest BCUT2D eigenvalue weighted by Gasteiger charge is 2.40. The fourth-order valence-corrected chi connectivity index (χ4v) is 6.13. The van der Waals surface area contributed by atoms with Crippen LogP contribution in [0.5, 0.6) is 0 Å². The van der Waals surface area contributed by atoms with Crippen LogP contribution < -0.4 is 9.62 Å². The van der Waals surface area contributed by atoms with Gasteiger partial charge < -0.3 is 5.32 Å². The predicted molar refractivity (Wildman–Crippen MR) is 125 cm³/mol. The van der Waals surface area contributed by atoms with E-state index in [0.717, 1.165) is 5.56 Å². The van der Waals surface area contributed by atoms with E-state index in [4.69, 9.17) is 0 Å². The number of aryl methyl sites for hydroxylation is 1. The van der Waals surface area contributed by atoms with Crippen molar-refractivity contribution in [2.45, 2.75) is 23.8 Å². The molecular weight excluding hydrogens is 441 g/mol. The number of aromatic nitrogens is 1. The molecule has 0 saturated heterocycles. The lowest BCUT2D eigenvalue weighted by Crippen LogP contribution is -2.50. The van der Waals surface area contributed by atoms with Crippen LogP contribution in [0.2, 0.25) is 0 Å². The first kappa shape index (κ1) is 21.1. The van der Waals surface area contributed by atoms with E-state index >= 15 is 0 Å². The molecule has 0 radical (unpaired) electrons. The van der Waals surface area contributed by atoms with Crippen LogP contribution in [0.1, 0.15) is 12.0 Å². The lowest BCUT2D eigenvalue weighted by Gasteiger charge is -2.37. The van der Waals surface area contributed by atoms with Crippen LogP contribution in [0.15, 0.2) is 90.1 Å². The number of halogens is 1. The van der Waals surface area contributed by atoms with Crippen molar-refractivity contribution in [1.29, 1.82) is 0 Å². The van der Waals surface area contributed by atoms with Crippen LogP contribution in [0.25, 0.3) is 10.8 Å². The molecule has 1 aliphatic rings. The maximum Gasteiger partial charge on any atom is 0.265 e. The van der Waals surface area contributed by atoms with Gasteiger partial charge in [0.1, 0.15) is 11.9 Å².